The Morgan fingerprint density at radius 1 is 1.06 bits per heavy atom. The number of para-hydroxylation sites is 1. The molecule has 1 fully saturated rings. The fourth-order valence-electron chi connectivity index (χ4n) is 3.24. The maximum atomic E-state index is 10.2. The number of hydrogen-bond donors (Lipinski definition) is 2. The molecule has 2 heterocycles. The summed E-state index contributed by atoms with van der Waals surface area (Å²) in [7, 11) is 4.76. The van der Waals surface area contributed by atoms with Crippen molar-refractivity contribution >= 4 is 17.9 Å². The number of ether oxygens (including phenoxy) is 3. The molecule has 0 radical (unpaired) electrons. The van der Waals surface area contributed by atoms with Gasteiger partial charge in [0.05, 0.1) is 27.4 Å². The Morgan fingerprint density at radius 3 is 2.42 bits per heavy atom. The minimum atomic E-state index is -0.339. The number of benzene rings is 1. The molecule has 164 valence electrons. The van der Waals surface area contributed by atoms with Crippen LogP contribution in [0.25, 0.3) is 17.2 Å². The van der Waals surface area contributed by atoms with Gasteiger partial charge in [0.15, 0.2) is 5.82 Å². The third-order valence-electron chi connectivity index (χ3n) is 5.03. The van der Waals surface area contributed by atoms with Crippen LogP contribution in [0.1, 0.15) is 12.8 Å². The Hall–Kier alpha value is -2.98. The quantitative estimate of drug-likeness (QED) is 0.457. The lowest BCUT2D eigenvalue weighted by molar-refractivity contribution is 0.176. The molecule has 1 atom stereocenters. The van der Waals surface area contributed by atoms with E-state index >= 15 is 0 Å². The Labute approximate surface area is 184 Å². The summed E-state index contributed by atoms with van der Waals surface area (Å²) in [6.45, 7) is 0. The van der Waals surface area contributed by atoms with Crippen LogP contribution in [0.2, 0.25) is 0 Å². The molecule has 0 saturated heterocycles. The van der Waals surface area contributed by atoms with E-state index in [-0.39, 0.29) is 6.10 Å². The molecule has 0 bridgehead atoms. The van der Waals surface area contributed by atoms with Gasteiger partial charge >= 0.3 is 0 Å². The van der Waals surface area contributed by atoms with Gasteiger partial charge in [0, 0.05) is 11.8 Å². The minimum absolute atomic E-state index is 0.339. The molecular formula is C21H25N5O4S. The first-order valence-corrected chi connectivity index (χ1v) is 10.9. The van der Waals surface area contributed by atoms with Gasteiger partial charge in [-0.3, -0.25) is 9.29 Å². The van der Waals surface area contributed by atoms with Gasteiger partial charge in [0.1, 0.15) is 22.9 Å². The summed E-state index contributed by atoms with van der Waals surface area (Å²) in [5.74, 6) is 3.56. The third kappa shape index (κ3) is 4.54. The van der Waals surface area contributed by atoms with Crippen LogP contribution in [0, 0.1) is 5.92 Å². The van der Waals surface area contributed by atoms with Crippen molar-refractivity contribution in [2.75, 3.05) is 31.8 Å². The molecular weight excluding hydrogens is 418 g/mol. The van der Waals surface area contributed by atoms with Crippen molar-refractivity contribution in [1.29, 1.82) is 0 Å². The monoisotopic (exact) mass is 443 g/mol. The summed E-state index contributed by atoms with van der Waals surface area (Å²) in [6.07, 6.45) is 1.83. The van der Waals surface area contributed by atoms with Crippen LogP contribution in [0.15, 0.2) is 36.4 Å². The molecule has 2 N–H and O–H groups in total. The fourth-order valence-corrected chi connectivity index (χ4v) is 4.03. The zero-order valence-corrected chi connectivity index (χ0v) is 18.4. The molecule has 1 aliphatic carbocycles. The average Bonchev–Trinajstić information content (AvgIpc) is 3.59. The van der Waals surface area contributed by atoms with Crippen LogP contribution in [0.3, 0.4) is 0 Å². The van der Waals surface area contributed by atoms with E-state index in [1.54, 1.807) is 32.0 Å². The topological polar surface area (TPSA) is 104 Å². The molecule has 1 unspecified atom stereocenters. The SMILES string of the molecule is COc1cccc(-c2nnc(NSCC(O)C3CC3)n2-c2c(OC)cccc2OC)n1. The van der Waals surface area contributed by atoms with E-state index in [4.69, 9.17) is 14.2 Å². The number of methoxy groups -OCH3 is 3. The number of nitrogens with zero attached hydrogens (tertiary/aromatic N) is 4. The number of hydrogen-bond acceptors (Lipinski definition) is 9. The lowest BCUT2D eigenvalue weighted by atomic mass is 10.2. The summed E-state index contributed by atoms with van der Waals surface area (Å²) in [5.41, 5.74) is 1.22. The number of aliphatic hydroxyl groups is 1. The van der Waals surface area contributed by atoms with Gasteiger partial charge in [-0.05, 0) is 48.9 Å². The number of aromatic nitrogens is 4. The van der Waals surface area contributed by atoms with Gasteiger partial charge in [-0.25, -0.2) is 4.98 Å². The van der Waals surface area contributed by atoms with Crippen LogP contribution in [-0.4, -0.2) is 58.0 Å². The highest BCUT2D eigenvalue weighted by atomic mass is 32.2. The maximum Gasteiger partial charge on any atom is 0.239 e. The van der Waals surface area contributed by atoms with Crippen LogP contribution in [-0.2, 0) is 0 Å². The molecule has 1 aliphatic rings. The number of anilines is 1. The lowest BCUT2D eigenvalue weighted by Crippen LogP contribution is -2.14. The van der Waals surface area contributed by atoms with Crippen molar-refractivity contribution in [1.82, 2.24) is 19.7 Å². The highest BCUT2D eigenvalue weighted by Crippen LogP contribution is 2.38. The molecule has 9 nitrogen and oxygen atoms in total. The number of nitrogens with one attached hydrogen (secondary N) is 1. The highest BCUT2D eigenvalue weighted by molar-refractivity contribution is 8.00. The van der Waals surface area contributed by atoms with Crippen LogP contribution in [0.4, 0.5) is 5.95 Å². The van der Waals surface area contributed by atoms with E-state index in [0.29, 0.717) is 52.2 Å². The van der Waals surface area contributed by atoms with Crippen molar-refractivity contribution in [3.05, 3.63) is 36.4 Å². The predicted octanol–water partition coefficient (Wildman–Crippen LogP) is 3.19. The zero-order valence-electron chi connectivity index (χ0n) is 17.6. The van der Waals surface area contributed by atoms with Crippen molar-refractivity contribution in [2.24, 2.45) is 5.92 Å². The summed E-state index contributed by atoms with van der Waals surface area (Å²) in [4.78, 5) is 4.51. The largest absolute Gasteiger partial charge is 0.494 e. The molecule has 0 amide bonds. The second-order valence-corrected chi connectivity index (χ2v) is 7.90. The van der Waals surface area contributed by atoms with Gasteiger partial charge in [0.2, 0.25) is 11.8 Å². The van der Waals surface area contributed by atoms with Crippen molar-refractivity contribution in [3.8, 4) is 34.6 Å². The maximum absolute atomic E-state index is 10.2. The van der Waals surface area contributed by atoms with E-state index in [0.717, 1.165) is 12.8 Å². The van der Waals surface area contributed by atoms with E-state index < -0.39 is 0 Å². The molecule has 1 aromatic carbocycles. The Bertz CT molecular complexity index is 1020. The van der Waals surface area contributed by atoms with Gasteiger partial charge in [-0.1, -0.05) is 12.1 Å². The molecule has 2 aromatic heterocycles. The summed E-state index contributed by atoms with van der Waals surface area (Å²) < 4.78 is 21.5. The fraction of sp³-hybridized carbons (Fsp3) is 0.381. The van der Waals surface area contributed by atoms with Gasteiger partial charge in [-0.15, -0.1) is 10.2 Å². The van der Waals surface area contributed by atoms with Gasteiger partial charge in [-0.2, -0.15) is 0 Å². The summed E-state index contributed by atoms with van der Waals surface area (Å²) in [5, 5.41) is 18.9. The van der Waals surface area contributed by atoms with E-state index in [1.807, 2.05) is 30.3 Å². The standard InChI is InChI=1S/C21H25N5O4S/c1-28-16-7-5-8-17(29-2)19(16)26-20(14-6-4-9-18(22-14)30-3)23-24-21(26)25-31-12-15(27)13-10-11-13/h4-9,13,15,27H,10-12H2,1-3H3,(H,24,25). The Morgan fingerprint density at radius 2 is 1.77 bits per heavy atom. The van der Waals surface area contributed by atoms with E-state index in [1.165, 1.54) is 11.9 Å². The first-order chi connectivity index (χ1) is 15.2. The molecule has 4 rings (SSSR count). The molecule has 10 heteroatoms. The number of aliphatic hydroxyl groups excluding tert-OH is 1. The normalized spacial score (nSPS) is 14.2. The van der Waals surface area contributed by atoms with Crippen LogP contribution in [0.5, 0.6) is 17.4 Å². The molecule has 31 heavy (non-hydrogen) atoms. The van der Waals surface area contributed by atoms with Crippen LogP contribution >= 0.6 is 11.9 Å². The minimum Gasteiger partial charge on any atom is -0.494 e. The molecule has 0 spiro atoms. The molecule has 0 aliphatic heterocycles. The third-order valence-corrected chi connectivity index (χ3v) is 5.87. The van der Waals surface area contributed by atoms with E-state index in [2.05, 4.69) is 19.9 Å². The summed E-state index contributed by atoms with van der Waals surface area (Å²) >= 11 is 1.38. The molecule has 1 saturated carbocycles. The first-order valence-electron chi connectivity index (χ1n) is 9.90. The smallest absolute Gasteiger partial charge is 0.239 e. The highest BCUT2D eigenvalue weighted by Gasteiger charge is 2.30. The summed E-state index contributed by atoms with van der Waals surface area (Å²) in [6, 6.07) is 11.0. The first kappa shape index (κ1) is 21.3. The van der Waals surface area contributed by atoms with Crippen molar-refractivity contribution < 1.29 is 19.3 Å². The van der Waals surface area contributed by atoms with E-state index in [9.17, 15) is 5.11 Å². The Balaban J connectivity index is 1.77. The predicted molar refractivity (Wildman–Crippen MR) is 119 cm³/mol. The lowest BCUT2D eigenvalue weighted by Gasteiger charge is -2.17. The van der Waals surface area contributed by atoms with Gasteiger partial charge < -0.3 is 19.3 Å². The Kier molecular flexibility index (Phi) is 6.47. The number of rotatable bonds is 10. The number of pyridine rings is 1. The van der Waals surface area contributed by atoms with Crippen LogP contribution < -0.4 is 18.9 Å². The van der Waals surface area contributed by atoms with Gasteiger partial charge in [0.25, 0.3) is 0 Å². The zero-order chi connectivity index (χ0) is 21.8. The average molecular weight is 444 g/mol. The second-order valence-electron chi connectivity index (χ2n) is 7.08. The van der Waals surface area contributed by atoms with Crippen molar-refractivity contribution in [2.45, 2.75) is 18.9 Å². The molecule has 3 aromatic rings. The second kappa shape index (κ2) is 9.44. The van der Waals surface area contributed by atoms with Crippen molar-refractivity contribution in [3.63, 3.8) is 0 Å².